The van der Waals surface area contributed by atoms with Crippen molar-refractivity contribution >= 4 is 5.91 Å². The molecule has 1 saturated heterocycles. The largest absolute Gasteiger partial charge is 0.356 e. The van der Waals surface area contributed by atoms with E-state index in [1.807, 2.05) is 19.4 Å². The molecule has 2 heterocycles. The maximum atomic E-state index is 11.9. The van der Waals surface area contributed by atoms with Crippen LogP contribution in [-0.2, 0) is 18.3 Å². The minimum Gasteiger partial charge on any atom is -0.356 e. The summed E-state index contributed by atoms with van der Waals surface area (Å²) >= 11 is 0. The third-order valence-corrected chi connectivity index (χ3v) is 4.19. The Morgan fingerprint density at radius 1 is 1.55 bits per heavy atom. The molecule has 1 atom stereocenters. The Bertz CT molecular complexity index is 423. The summed E-state index contributed by atoms with van der Waals surface area (Å²) in [5.41, 5.74) is 1.17. The first-order chi connectivity index (χ1) is 9.65. The van der Waals surface area contributed by atoms with Gasteiger partial charge in [-0.05, 0) is 49.8 Å². The quantitative estimate of drug-likeness (QED) is 0.819. The highest BCUT2D eigenvalue weighted by atomic mass is 16.1. The first-order valence-corrected chi connectivity index (χ1v) is 7.60. The Kier molecular flexibility index (Phi) is 5.59. The molecule has 0 aromatic carbocycles. The van der Waals surface area contributed by atoms with Gasteiger partial charge >= 0.3 is 0 Å². The van der Waals surface area contributed by atoms with E-state index < -0.39 is 0 Å². The second-order valence-corrected chi connectivity index (χ2v) is 5.89. The van der Waals surface area contributed by atoms with Crippen LogP contribution in [0.4, 0.5) is 0 Å². The average molecular weight is 278 g/mol. The highest BCUT2D eigenvalue weighted by Crippen LogP contribution is 2.24. The number of amides is 1. The van der Waals surface area contributed by atoms with Crippen molar-refractivity contribution in [1.82, 2.24) is 20.4 Å². The number of nitrogens with one attached hydrogen (secondary N) is 2. The molecule has 0 aliphatic carbocycles. The van der Waals surface area contributed by atoms with Gasteiger partial charge < -0.3 is 10.6 Å². The molecule has 20 heavy (non-hydrogen) atoms. The van der Waals surface area contributed by atoms with E-state index >= 15 is 0 Å². The molecule has 5 heteroatoms. The van der Waals surface area contributed by atoms with Gasteiger partial charge in [-0.3, -0.25) is 9.48 Å². The van der Waals surface area contributed by atoms with Crippen LogP contribution in [0.5, 0.6) is 0 Å². The predicted molar refractivity (Wildman–Crippen MR) is 79.3 cm³/mol. The minimum absolute atomic E-state index is 0.180. The fraction of sp³-hybridized carbons (Fsp3) is 0.733. The van der Waals surface area contributed by atoms with Crippen molar-refractivity contribution in [2.75, 3.05) is 19.6 Å². The number of aromatic nitrogens is 2. The Hall–Kier alpha value is -1.36. The van der Waals surface area contributed by atoms with Crippen molar-refractivity contribution in [2.24, 2.45) is 18.9 Å². The van der Waals surface area contributed by atoms with E-state index in [9.17, 15) is 4.79 Å². The molecule has 1 aliphatic heterocycles. The molecule has 1 amide bonds. The van der Waals surface area contributed by atoms with Gasteiger partial charge in [0.1, 0.15) is 0 Å². The van der Waals surface area contributed by atoms with Crippen molar-refractivity contribution in [3.63, 3.8) is 0 Å². The van der Waals surface area contributed by atoms with Gasteiger partial charge in [0, 0.05) is 26.2 Å². The first-order valence-electron chi connectivity index (χ1n) is 7.60. The van der Waals surface area contributed by atoms with Gasteiger partial charge in [-0.25, -0.2) is 0 Å². The number of nitrogens with zero attached hydrogens (tertiary/aromatic N) is 2. The van der Waals surface area contributed by atoms with Crippen LogP contribution in [0.2, 0.25) is 0 Å². The SMILES string of the molecule is CC(CC(=O)NCCc1cnn(C)c1)C1CCNCC1. The number of carbonyl (C=O) groups is 1. The molecule has 2 rings (SSSR count). The number of hydrogen-bond acceptors (Lipinski definition) is 3. The van der Waals surface area contributed by atoms with Crippen molar-refractivity contribution in [3.05, 3.63) is 18.0 Å². The molecule has 2 N–H and O–H groups in total. The summed E-state index contributed by atoms with van der Waals surface area (Å²) in [7, 11) is 1.91. The molecule has 0 saturated carbocycles. The summed E-state index contributed by atoms with van der Waals surface area (Å²) in [5, 5.41) is 10.5. The molecular weight excluding hydrogens is 252 g/mol. The zero-order valence-corrected chi connectivity index (χ0v) is 12.6. The summed E-state index contributed by atoms with van der Waals surface area (Å²) in [6, 6.07) is 0. The molecule has 0 bridgehead atoms. The summed E-state index contributed by atoms with van der Waals surface area (Å²) in [6.07, 6.45) is 7.74. The van der Waals surface area contributed by atoms with E-state index in [1.165, 1.54) is 18.4 Å². The van der Waals surface area contributed by atoms with Crippen LogP contribution >= 0.6 is 0 Å². The van der Waals surface area contributed by atoms with E-state index in [0.717, 1.165) is 19.5 Å². The number of piperidine rings is 1. The van der Waals surface area contributed by atoms with E-state index in [1.54, 1.807) is 4.68 Å². The van der Waals surface area contributed by atoms with Gasteiger partial charge in [0.05, 0.1) is 6.20 Å². The Labute approximate surface area is 121 Å². The third kappa shape index (κ3) is 4.63. The maximum absolute atomic E-state index is 11.9. The van der Waals surface area contributed by atoms with Crippen molar-refractivity contribution in [2.45, 2.75) is 32.6 Å². The Morgan fingerprint density at radius 3 is 2.95 bits per heavy atom. The third-order valence-electron chi connectivity index (χ3n) is 4.19. The standard InChI is InChI=1S/C15H26N4O/c1-12(14-4-6-16-7-5-14)9-15(20)17-8-3-13-10-18-19(2)11-13/h10-12,14,16H,3-9H2,1-2H3,(H,17,20). The van der Waals surface area contributed by atoms with Crippen molar-refractivity contribution < 1.29 is 4.79 Å². The number of rotatable bonds is 6. The minimum atomic E-state index is 0.180. The molecule has 1 aromatic rings. The van der Waals surface area contributed by atoms with Gasteiger partial charge in [0.25, 0.3) is 0 Å². The lowest BCUT2D eigenvalue weighted by molar-refractivity contribution is -0.122. The van der Waals surface area contributed by atoms with Gasteiger partial charge in [0.15, 0.2) is 0 Å². The van der Waals surface area contributed by atoms with Crippen LogP contribution < -0.4 is 10.6 Å². The lowest BCUT2D eigenvalue weighted by Gasteiger charge is -2.27. The lowest BCUT2D eigenvalue weighted by Crippen LogP contribution is -2.34. The first kappa shape index (κ1) is 15.0. The monoisotopic (exact) mass is 278 g/mol. The number of hydrogen-bond donors (Lipinski definition) is 2. The number of aryl methyl sites for hydroxylation is 1. The molecule has 5 nitrogen and oxygen atoms in total. The van der Waals surface area contributed by atoms with Gasteiger partial charge in [-0.1, -0.05) is 6.92 Å². The molecule has 112 valence electrons. The molecule has 1 fully saturated rings. The van der Waals surface area contributed by atoms with Crippen LogP contribution in [-0.4, -0.2) is 35.3 Å². The van der Waals surface area contributed by atoms with Crippen LogP contribution in [0.3, 0.4) is 0 Å². The molecule has 0 spiro atoms. The molecule has 1 aromatic heterocycles. The second kappa shape index (κ2) is 7.43. The topological polar surface area (TPSA) is 59.0 Å². The van der Waals surface area contributed by atoms with E-state index in [4.69, 9.17) is 0 Å². The van der Waals surface area contributed by atoms with Crippen molar-refractivity contribution in [1.29, 1.82) is 0 Å². The zero-order chi connectivity index (χ0) is 14.4. The normalized spacial score (nSPS) is 17.9. The Balaban J connectivity index is 1.64. The smallest absolute Gasteiger partial charge is 0.220 e. The van der Waals surface area contributed by atoms with Crippen LogP contribution in [0.1, 0.15) is 31.7 Å². The van der Waals surface area contributed by atoms with E-state index in [0.29, 0.717) is 24.8 Å². The van der Waals surface area contributed by atoms with Crippen LogP contribution in [0, 0.1) is 11.8 Å². The van der Waals surface area contributed by atoms with Crippen LogP contribution in [0.25, 0.3) is 0 Å². The Morgan fingerprint density at radius 2 is 2.30 bits per heavy atom. The maximum Gasteiger partial charge on any atom is 0.220 e. The van der Waals surface area contributed by atoms with Crippen LogP contribution in [0.15, 0.2) is 12.4 Å². The predicted octanol–water partition coefficient (Wildman–Crippen LogP) is 1.10. The average Bonchev–Trinajstić information content (AvgIpc) is 2.85. The van der Waals surface area contributed by atoms with Gasteiger partial charge in [-0.15, -0.1) is 0 Å². The summed E-state index contributed by atoms with van der Waals surface area (Å²) in [6.45, 7) is 5.09. The fourth-order valence-corrected chi connectivity index (χ4v) is 2.89. The summed E-state index contributed by atoms with van der Waals surface area (Å²) in [5.74, 6) is 1.36. The highest BCUT2D eigenvalue weighted by Gasteiger charge is 2.21. The fourth-order valence-electron chi connectivity index (χ4n) is 2.89. The van der Waals surface area contributed by atoms with E-state index in [2.05, 4.69) is 22.7 Å². The van der Waals surface area contributed by atoms with Gasteiger partial charge in [-0.2, -0.15) is 5.10 Å². The second-order valence-electron chi connectivity index (χ2n) is 5.89. The van der Waals surface area contributed by atoms with Gasteiger partial charge in [0.2, 0.25) is 5.91 Å². The summed E-state index contributed by atoms with van der Waals surface area (Å²) in [4.78, 5) is 11.9. The highest BCUT2D eigenvalue weighted by molar-refractivity contribution is 5.76. The lowest BCUT2D eigenvalue weighted by atomic mass is 9.84. The molecule has 1 aliphatic rings. The molecular formula is C15H26N4O. The van der Waals surface area contributed by atoms with Crippen molar-refractivity contribution in [3.8, 4) is 0 Å². The molecule has 0 radical (unpaired) electrons. The molecule has 1 unspecified atom stereocenters. The zero-order valence-electron chi connectivity index (χ0n) is 12.6. The summed E-state index contributed by atoms with van der Waals surface area (Å²) < 4.78 is 1.79. The van der Waals surface area contributed by atoms with E-state index in [-0.39, 0.29) is 5.91 Å². The number of carbonyl (C=O) groups excluding carboxylic acids is 1.